The summed E-state index contributed by atoms with van der Waals surface area (Å²) < 4.78 is 92.2. The van der Waals surface area contributed by atoms with Crippen LogP contribution in [-0.2, 0) is 0 Å². The number of rotatable bonds is 5. The van der Waals surface area contributed by atoms with Crippen molar-refractivity contribution in [1.82, 2.24) is 19.9 Å². The van der Waals surface area contributed by atoms with Crippen LogP contribution in [0.25, 0.3) is 11.5 Å². The molecule has 0 radical (unpaired) electrons. The van der Waals surface area contributed by atoms with Crippen molar-refractivity contribution in [1.29, 1.82) is 0 Å². The fourth-order valence-corrected chi connectivity index (χ4v) is 1.77. The zero-order valence-electron chi connectivity index (χ0n) is 15.7. The molecule has 0 aliphatic heterocycles. The maximum absolute atomic E-state index is 13.0. The van der Waals surface area contributed by atoms with Crippen LogP contribution in [0.2, 0.25) is 5.15 Å². The molecule has 0 aliphatic rings. The molecule has 0 aliphatic carbocycles. The number of nitrogens with zero attached hydrogens (tertiary/aromatic N) is 4. The van der Waals surface area contributed by atoms with Crippen LogP contribution >= 0.6 is 11.6 Å². The Kier molecular flexibility index (Phi) is 5.14. The summed E-state index contributed by atoms with van der Waals surface area (Å²) in [6, 6.07) is -3.15. The molecule has 2 aromatic heterocycles. The zero-order chi connectivity index (χ0) is 22.2. The number of halogens is 7. The molecule has 27 heavy (non-hydrogen) atoms. The summed E-state index contributed by atoms with van der Waals surface area (Å²) in [5, 5.41) is 3.34. The molecule has 13 heteroatoms. The Morgan fingerprint density at radius 3 is 2.11 bits per heavy atom. The highest BCUT2D eigenvalue weighted by Gasteiger charge is 2.38. The van der Waals surface area contributed by atoms with Crippen LogP contribution in [0.1, 0.15) is 16.6 Å². The van der Waals surface area contributed by atoms with Crippen molar-refractivity contribution in [2.24, 2.45) is 0 Å². The van der Waals surface area contributed by atoms with E-state index in [4.69, 9.17) is 14.3 Å². The van der Waals surface area contributed by atoms with E-state index in [9.17, 15) is 26.3 Å². The largest absolute Gasteiger partial charge is 0.408 e. The molecule has 2 N–H and O–H groups in total. The van der Waals surface area contributed by atoms with Gasteiger partial charge in [0.1, 0.15) is 22.9 Å². The maximum atomic E-state index is 13.0. The lowest BCUT2D eigenvalue weighted by atomic mass is 10.3. The number of hydrogen-bond acceptors (Lipinski definition) is 6. The number of alkyl halides is 6. The van der Waals surface area contributed by atoms with Gasteiger partial charge >= 0.3 is 12.4 Å². The van der Waals surface area contributed by atoms with E-state index in [1.54, 1.807) is 5.32 Å². The lowest BCUT2D eigenvalue weighted by molar-refractivity contribution is -0.139. The second-order valence-electron chi connectivity index (χ2n) is 5.23. The van der Waals surface area contributed by atoms with Crippen molar-refractivity contribution in [2.45, 2.75) is 38.3 Å². The molecule has 6 nitrogen and oxygen atoms in total. The molecule has 0 fully saturated rings. The van der Waals surface area contributed by atoms with Crippen LogP contribution in [-0.4, -0.2) is 44.3 Å². The van der Waals surface area contributed by atoms with Crippen molar-refractivity contribution in [3.05, 3.63) is 23.3 Å². The van der Waals surface area contributed by atoms with E-state index >= 15 is 0 Å². The predicted octanol–water partition coefficient (Wildman–Crippen LogP) is 4.31. The summed E-state index contributed by atoms with van der Waals surface area (Å²) in [7, 11) is 0. The minimum absolute atomic E-state index is 0.127. The van der Waals surface area contributed by atoms with Crippen LogP contribution in [0, 0.1) is 0 Å². The smallest absolute Gasteiger partial charge is 0.343 e. The minimum atomic E-state index is -5.04. The van der Waals surface area contributed by atoms with Gasteiger partial charge in [-0.15, -0.1) is 0 Å². The van der Waals surface area contributed by atoms with Crippen LogP contribution < -0.4 is 10.6 Å². The first-order valence-corrected chi connectivity index (χ1v) is 7.56. The van der Waals surface area contributed by atoms with Gasteiger partial charge in [0.2, 0.25) is 11.9 Å². The SMILES string of the molecule is [2H]c1ccc(-c2nc(NC(C)C(F)(F)F)nc(NC([2H])(C)C(F)(F)F)n2)nc1Cl. The van der Waals surface area contributed by atoms with Crippen molar-refractivity contribution >= 4 is 23.5 Å². The molecule has 0 bridgehead atoms. The highest BCUT2D eigenvalue weighted by Crippen LogP contribution is 2.26. The highest BCUT2D eigenvalue weighted by molar-refractivity contribution is 6.29. The first-order chi connectivity index (χ1) is 13.1. The second-order valence-corrected chi connectivity index (χ2v) is 5.59. The first kappa shape index (κ1) is 18.0. The molecule has 0 saturated heterocycles. The van der Waals surface area contributed by atoms with E-state index in [1.165, 1.54) is 12.1 Å². The van der Waals surface area contributed by atoms with E-state index in [0.717, 1.165) is 6.92 Å². The summed E-state index contributed by atoms with van der Waals surface area (Å²) >= 11 is 5.73. The second kappa shape index (κ2) is 7.71. The molecule has 2 aromatic rings. The number of anilines is 2. The van der Waals surface area contributed by atoms with Crippen LogP contribution in [0.4, 0.5) is 38.2 Å². The van der Waals surface area contributed by atoms with E-state index in [-0.39, 0.29) is 16.9 Å². The molecule has 2 rings (SSSR count). The lowest BCUT2D eigenvalue weighted by Gasteiger charge is -2.20. The molecular weight excluding hydrogens is 402 g/mol. The van der Waals surface area contributed by atoms with Crippen molar-refractivity contribution in [3.8, 4) is 11.5 Å². The average Bonchev–Trinajstić information content (AvgIpc) is 2.54. The monoisotopic (exact) mass is 416 g/mol. The van der Waals surface area contributed by atoms with Gasteiger partial charge in [0.15, 0.2) is 5.82 Å². The Bertz CT molecular complexity index is 892. The maximum Gasteiger partial charge on any atom is 0.408 e. The van der Waals surface area contributed by atoms with Gasteiger partial charge in [-0.1, -0.05) is 17.7 Å². The van der Waals surface area contributed by atoms with E-state index < -0.39 is 42.1 Å². The molecule has 0 spiro atoms. The fraction of sp³-hybridized carbons (Fsp3) is 0.429. The standard InChI is InChI=1S/C14H13ClF6N6/c1-6(13(16,17)18)22-11-25-10(8-4-3-5-9(15)24-8)26-12(27-11)23-7(2)14(19,20)21/h3-7H,1-2H3,(H2,22,23,25,26,27)/i5D,6D. The summed E-state index contributed by atoms with van der Waals surface area (Å²) in [6.07, 6.45) is -9.73. The summed E-state index contributed by atoms with van der Waals surface area (Å²) in [4.78, 5) is 14.7. The van der Waals surface area contributed by atoms with Crippen molar-refractivity contribution < 1.29 is 29.1 Å². The fourth-order valence-electron chi connectivity index (χ4n) is 1.61. The molecule has 148 valence electrons. The molecular formula is C14H13ClF6N6. The normalized spacial score (nSPS) is 16.8. The Labute approximate surface area is 157 Å². The van der Waals surface area contributed by atoms with Gasteiger partial charge in [0.25, 0.3) is 0 Å². The molecule has 2 unspecified atom stereocenters. The third kappa shape index (κ3) is 5.81. The van der Waals surface area contributed by atoms with Gasteiger partial charge in [-0.3, -0.25) is 0 Å². The van der Waals surface area contributed by atoms with Crippen LogP contribution in [0.5, 0.6) is 0 Å². The highest BCUT2D eigenvalue weighted by atomic mass is 35.5. The van der Waals surface area contributed by atoms with Gasteiger partial charge in [-0.2, -0.15) is 41.3 Å². The van der Waals surface area contributed by atoms with E-state index in [2.05, 4.69) is 19.9 Å². The first-order valence-electron chi connectivity index (χ1n) is 8.18. The van der Waals surface area contributed by atoms with Crippen molar-refractivity contribution in [3.63, 3.8) is 0 Å². The van der Waals surface area contributed by atoms with Gasteiger partial charge in [-0.25, -0.2) is 4.98 Å². The number of pyridine rings is 1. The molecule has 0 saturated carbocycles. The Balaban J connectivity index is 2.52. The summed E-state index contributed by atoms with van der Waals surface area (Å²) in [5.41, 5.74) is -0.127. The number of hydrogen-bond donors (Lipinski definition) is 2. The van der Waals surface area contributed by atoms with Gasteiger partial charge in [0.05, 0.1) is 2.74 Å². The third-order valence-electron chi connectivity index (χ3n) is 3.09. The van der Waals surface area contributed by atoms with Gasteiger partial charge in [-0.05, 0) is 26.0 Å². The van der Waals surface area contributed by atoms with Gasteiger partial charge < -0.3 is 10.6 Å². The summed E-state index contributed by atoms with van der Waals surface area (Å²) in [6.45, 7) is 1.23. The lowest BCUT2D eigenvalue weighted by Crippen LogP contribution is -2.35. The Hall–Kier alpha value is -2.37. The molecule has 0 aromatic carbocycles. The minimum Gasteiger partial charge on any atom is -0.343 e. The molecule has 2 heterocycles. The molecule has 0 amide bonds. The zero-order valence-corrected chi connectivity index (χ0v) is 14.4. The predicted molar refractivity (Wildman–Crippen MR) is 86.3 cm³/mol. The summed E-state index contributed by atoms with van der Waals surface area (Å²) in [5.74, 6) is -1.93. The van der Waals surface area contributed by atoms with E-state index in [1.807, 2.05) is 5.32 Å². The van der Waals surface area contributed by atoms with Crippen molar-refractivity contribution in [2.75, 3.05) is 10.6 Å². The number of nitrogens with one attached hydrogen (secondary N) is 2. The number of aromatic nitrogens is 4. The Morgan fingerprint density at radius 1 is 1.00 bits per heavy atom. The average molecular weight is 417 g/mol. The van der Waals surface area contributed by atoms with Gasteiger partial charge in [0, 0.05) is 0 Å². The quantitative estimate of drug-likeness (QED) is 0.558. The van der Waals surface area contributed by atoms with Crippen LogP contribution in [0.3, 0.4) is 0 Å². The van der Waals surface area contributed by atoms with E-state index in [0.29, 0.717) is 6.92 Å². The molecule has 2 atom stereocenters. The topological polar surface area (TPSA) is 75.6 Å². The third-order valence-corrected chi connectivity index (χ3v) is 3.28. The van der Waals surface area contributed by atoms with Crippen LogP contribution in [0.15, 0.2) is 18.2 Å². The Morgan fingerprint density at radius 2 is 1.59 bits per heavy atom.